The van der Waals surface area contributed by atoms with Crippen LogP contribution < -0.4 is 0 Å². The Morgan fingerprint density at radius 1 is 0.845 bits per heavy atom. The van der Waals surface area contributed by atoms with Crippen LogP contribution in [0.5, 0.6) is 0 Å². The molecule has 3 N–H and O–H groups in total. The lowest BCUT2D eigenvalue weighted by molar-refractivity contribution is -0.265. The van der Waals surface area contributed by atoms with Crippen LogP contribution >= 0.6 is 7.80 Å². The number of methoxy groups -OCH3 is 3. The summed E-state index contributed by atoms with van der Waals surface area (Å²) < 4.78 is 39.0. The van der Waals surface area contributed by atoms with Gasteiger partial charge in [0.2, 0.25) is 5.79 Å². The molecule has 15 atom stereocenters. The molecule has 1 aliphatic carbocycles. The second kappa shape index (κ2) is 31.5. The van der Waals surface area contributed by atoms with E-state index in [-0.39, 0.29) is 54.8 Å². The maximum atomic E-state index is 14.4. The molecular formula is C55H91NO14P+. The van der Waals surface area contributed by atoms with Gasteiger partial charge in [-0.15, -0.1) is 0 Å². The van der Waals surface area contributed by atoms with Crippen molar-refractivity contribution in [3.05, 3.63) is 47.6 Å². The Balaban J connectivity index is 0.00000273. The molecule has 3 heterocycles. The fourth-order valence-electron chi connectivity index (χ4n) is 10.1. The van der Waals surface area contributed by atoms with E-state index < -0.39 is 91.7 Å². The zero-order valence-electron chi connectivity index (χ0n) is 45.5. The highest BCUT2D eigenvalue weighted by atomic mass is 31.1. The highest BCUT2D eigenvalue weighted by Gasteiger charge is 2.53. The standard InChI is InChI=1S/C51H79NO13.C2H6OP.C2H6/c1-30-16-12-11-13-17-31(2)42(61-8)28-38-21-19-36(7)51(60,65-38)48(57)49(58)52-23-15-14-18-39(52)50(59)64-43(33(4)26-37-20-22-40(53)44(27-37)62-9)29-41(54)32(3)25-35(6)46(56)47(63-10)45(55)34(5)24-30;1-4(2)3;1-2/h11-13,16-17,25,30,32-34,36-40,42-44,46-47,53,56,60H,14-15,18-24,26-29H2,1-10H3;1-2H3;1-2H3/q;+1;/b13-11+,16-12+,31-17+,35-25+;;/t30-,32-,33-,34-,36-,37?,38+,39+,40?,42+,43?,44-,46-,47+,51-;;/m1../s1. The Bertz CT molecular complexity index is 1860. The van der Waals surface area contributed by atoms with Crippen molar-refractivity contribution in [2.75, 3.05) is 41.2 Å². The van der Waals surface area contributed by atoms with Crippen LogP contribution in [-0.4, -0.2) is 145 Å². The van der Waals surface area contributed by atoms with Gasteiger partial charge in [0.25, 0.3) is 11.7 Å². The van der Waals surface area contributed by atoms with Crippen LogP contribution in [0.2, 0.25) is 0 Å². The molecule has 15 nitrogen and oxygen atoms in total. The number of cyclic esters (lactones) is 1. The molecule has 2 bridgehead atoms. The molecule has 3 aliphatic heterocycles. The van der Waals surface area contributed by atoms with Crippen LogP contribution in [0.25, 0.3) is 0 Å². The minimum atomic E-state index is -2.43. The zero-order chi connectivity index (χ0) is 53.7. The monoisotopic (exact) mass is 1020 g/mol. The summed E-state index contributed by atoms with van der Waals surface area (Å²) >= 11 is 0. The molecular weight excluding hydrogens is 930 g/mol. The second-order valence-corrected chi connectivity index (χ2v) is 22.0. The molecule has 404 valence electrons. The Morgan fingerprint density at radius 2 is 1.51 bits per heavy atom. The number of aliphatic hydroxyl groups excluding tert-OH is 2. The molecule has 0 aromatic carbocycles. The summed E-state index contributed by atoms with van der Waals surface area (Å²) in [5.41, 5.74) is 1.27. The van der Waals surface area contributed by atoms with Crippen molar-refractivity contribution in [3.63, 3.8) is 0 Å². The number of ether oxygens (including phenoxy) is 5. The van der Waals surface area contributed by atoms with Crippen LogP contribution in [0.1, 0.15) is 139 Å². The Kier molecular flexibility index (Phi) is 28.3. The fourth-order valence-corrected chi connectivity index (χ4v) is 10.1. The van der Waals surface area contributed by atoms with Gasteiger partial charge in [-0.2, -0.15) is 0 Å². The molecule has 3 fully saturated rings. The van der Waals surface area contributed by atoms with Gasteiger partial charge in [-0.25, -0.2) is 4.79 Å². The van der Waals surface area contributed by atoms with Crippen molar-refractivity contribution in [2.45, 2.75) is 194 Å². The van der Waals surface area contributed by atoms with Gasteiger partial charge in [-0.1, -0.05) is 89.5 Å². The minimum absolute atomic E-state index is 0.0193. The molecule has 0 radical (unpaired) electrons. The van der Waals surface area contributed by atoms with Crippen LogP contribution in [0.3, 0.4) is 0 Å². The van der Waals surface area contributed by atoms with Crippen LogP contribution in [0, 0.1) is 35.5 Å². The third kappa shape index (κ3) is 19.2. The largest absolute Gasteiger partial charge is 0.460 e. The first kappa shape index (κ1) is 63.8. The van der Waals surface area contributed by atoms with E-state index in [1.165, 1.54) is 12.0 Å². The number of fused-ring (bicyclic) bond motifs is 3. The van der Waals surface area contributed by atoms with E-state index in [0.717, 1.165) is 12.0 Å². The predicted octanol–water partition coefficient (Wildman–Crippen LogP) is 8.28. The van der Waals surface area contributed by atoms with Gasteiger partial charge in [0.05, 0.1) is 24.4 Å². The number of hydrogen-bond acceptors (Lipinski definition) is 14. The molecule has 0 spiro atoms. The van der Waals surface area contributed by atoms with E-state index in [0.29, 0.717) is 63.4 Å². The maximum Gasteiger partial charge on any atom is 0.332 e. The number of aliphatic hydroxyl groups is 3. The van der Waals surface area contributed by atoms with Crippen molar-refractivity contribution < 1.29 is 67.5 Å². The third-order valence-corrected chi connectivity index (χ3v) is 14.5. The molecule has 2 saturated heterocycles. The number of ketones is 3. The SMILES string of the molecule is CC.CO[C@H]1C[C@@H]2CC[C@@H](C)[C@@](O)(O2)C(=O)C(=O)N2CCCC[C@H]2C(=O)OC([C@H](C)CC2CCC(O)[C@H](OC)C2)CC(=O)[C@H](C)/C=C(\C)[C@@H](O)[C@@H](OC)C(=O)[C@H](C)C[C@H](C)/C=C/C=C/C=C/1C.C[P+](C)=O. The number of allylic oxidation sites excluding steroid dienone is 6. The summed E-state index contributed by atoms with van der Waals surface area (Å²) in [7, 11) is 3.65. The van der Waals surface area contributed by atoms with E-state index in [2.05, 4.69) is 0 Å². The van der Waals surface area contributed by atoms with Crippen LogP contribution in [0.4, 0.5) is 0 Å². The first-order chi connectivity index (χ1) is 33.5. The van der Waals surface area contributed by atoms with Gasteiger partial charge in [0.15, 0.2) is 5.78 Å². The number of Topliss-reactive ketones (excluding diaryl/α,β-unsaturated/α-hetero) is 3. The predicted molar refractivity (Wildman–Crippen MR) is 276 cm³/mol. The number of esters is 1. The summed E-state index contributed by atoms with van der Waals surface area (Å²) in [6.07, 6.45) is 11.2. The highest BCUT2D eigenvalue weighted by Crippen LogP contribution is 2.38. The minimum Gasteiger partial charge on any atom is -0.460 e. The average Bonchev–Trinajstić information content (AvgIpc) is 3.33. The van der Waals surface area contributed by atoms with Crippen molar-refractivity contribution in [1.82, 2.24) is 4.90 Å². The molecule has 4 aliphatic rings. The number of nitrogens with zero attached hydrogens (tertiary/aromatic N) is 1. The van der Waals surface area contributed by atoms with Gasteiger partial charge in [-0.05, 0) is 107 Å². The Morgan fingerprint density at radius 3 is 2.13 bits per heavy atom. The lowest BCUT2D eigenvalue weighted by Gasteiger charge is -2.42. The van der Waals surface area contributed by atoms with Crippen molar-refractivity contribution in [1.29, 1.82) is 0 Å². The van der Waals surface area contributed by atoms with E-state index in [9.17, 15) is 43.9 Å². The number of piperidine rings is 1. The first-order valence-corrected chi connectivity index (χ1v) is 28.2. The average molecular weight is 1020 g/mol. The van der Waals surface area contributed by atoms with Gasteiger partial charge < -0.3 is 43.9 Å². The molecule has 0 aromatic heterocycles. The lowest BCUT2D eigenvalue weighted by Crippen LogP contribution is -2.61. The summed E-state index contributed by atoms with van der Waals surface area (Å²) in [6.45, 7) is 20.1. The Labute approximate surface area is 426 Å². The number of rotatable bonds is 6. The summed E-state index contributed by atoms with van der Waals surface area (Å²) in [5, 5.41) is 33.8. The molecule has 3 unspecified atom stereocenters. The van der Waals surface area contributed by atoms with Crippen molar-refractivity contribution in [3.8, 4) is 0 Å². The zero-order valence-corrected chi connectivity index (χ0v) is 46.4. The number of hydrogen-bond donors (Lipinski definition) is 3. The Hall–Kier alpha value is -3.27. The quantitative estimate of drug-likeness (QED) is 0.0989. The molecule has 1 saturated carbocycles. The van der Waals surface area contributed by atoms with E-state index in [1.807, 2.05) is 71.9 Å². The number of carbonyl (C=O) groups excluding carboxylic acids is 5. The smallest absolute Gasteiger partial charge is 0.332 e. The van der Waals surface area contributed by atoms with Gasteiger partial charge in [-0.3, -0.25) is 19.2 Å². The second-order valence-electron chi connectivity index (χ2n) is 20.4. The van der Waals surface area contributed by atoms with Crippen LogP contribution in [0.15, 0.2) is 47.6 Å². The number of carbonyl (C=O) groups is 5. The van der Waals surface area contributed by atoms with Crippen molar-refractivity contribution in [2.24, 2.45) is 35.5 Å². The highest BCUT2D eigenvalue weighted by molar-refractivity contribution is 7.42. The van der Waals surface area contributed by atoms with E-state index in [1.54, 1.807) is 54.4 Å². The number of amides is 1. The molecule has 1 amide bonds. The van der Waals surface area contributed by atoms with E-state index in [4.69, 9.17) is 23.7 Å². The fraction of sp³-hybridized carbons (Fsp3) is 0.764. The molecule has 16 heteroatoms. The van der Waals surface area contributed by atoms with Gasteiger partial charge in [0, 0.05) is 58.5 Å². The maximum absolute atomic E-state index is 14.4. The molecule has 4 rings (SSSR count). The topological polar surface area (TPSA) is 212 Å². The van der Waals surface area contributed by atoms with Crippen LogP contribution in [-0.2, 0) is 52.2 Å². The lowest BCUT2D eigenvalue weighted by atomic mass is 9.78. The third-order valence-electron chi connectivity index (χ3n) is 14.5. The molecule has 0 aromatic rings. The van der Waals surface area contributed by atoms with E-state index >= 15 is 0 Å². The first-order valence-electron chi connectivity index (χ1n) is 26.0. The molecule has 71 heavy (non-hydrogen) atoms. The summed E-state index contributed by atoms with van der Waals surface area (Å²) in [4.78, 5) is 71.8. The van der Waals surface area contributed by atoms with Gasteiger partial charge in [0.1, 0.15) is 43.5 Å². The summed E-state index contributed by atoms with van der Waals surface area (Å²) in [6, 6.07) is -1.14. The van der Waals surface area contributed by atoms with Gasteiger partial charge >= 0.3 is 13.8 Å². The van der Waals surface area contributed by atoms with Crippen molar-refractivity contribution >= 4 is 37.0 Å². The normalized spacial score (nSPS) is 37.5. The summed E-state index contributed by atoms with van der Waals surface area (Å²) in [5.74, 6) is -7.96.